The minimum absolute atomic E-state index is 0.111. The number of benzene rings is 1. The average molecular weight is 326 g/mol. The van der Waals surface area contributed by atoms with Crippen molar-refractivity contribution in [1.82, 2.24) is 9.88 Å². The van der Waals surface area contributed by atoms with E-state index in [1.54, 1.807) is 4.90 Å². The second-order valence-electron chi connectivity index (χ2n) is 7.25. The summed E-state index contributed by atoms with van der Waals surface area (Å²) in [5.41, 5.74) is 3.74. The number of amides is 1. The van der Waals surface area contributed by atoms with Crippen LogP contribution in [0.4, 0.5) is 0 Å². The molecular weight excluding hydrogens is 304 g/mol. The Morgan fingerprint density at radius 3 is 2.79 bits per heavy atom. The molecule has 126 valence electrons. The molecule has 1 saturated carbocycles. The van der Waals surface area contributed by atoms with Gasteiger partial charge in [-0.05, 0) is 61.8 Å². The summed E-state index contributed by atoms with van der Waals surface area (Å²) in [4.78, 5) is 29.5. The fourth-order valence-electron chi connectivity index (χ4n) is 4.56. The zero-order chi connectivity index (χ0) is 17.0. The molecule has 0 radical (unpaired) electrons. The Morgan fingerprint density at radius 2 is 2.04 bits per heavy atom. The molecule has 5 nitrogen and oxygen atoms in total. The number of aliphatic carboxylic acids is 1. The highest BCUT2D eigenvalue weighted by Gasteiger charge is 2.49. The Hall–Kier alpha value is -2.30. The van der Waals surface area contributed by atoms with E-state index in [2.05, 4.69) is 4.98 Å². The van der Waals surface area contributed by atoms with Gasteiger partial charge < -0.3 is 15.0 Å². The quantitative estimate of drug-likeness (QED) is 0.890. The van der Waals surface area contributed by atoms with E-state index >= 15 is 0 Å². The standard InChI is InChI=1S/C19H22N2O3/c1-10-6-7-15-14(11(10)2)8-16(20-15)18(22)21-9-12-4-3-5-13(12)17(21)19(23)24/h6-8,12-13,17,20H,3-5,9H2,1-2H3,(H,23,24). The van der Waals surface area contributed by atoms with Gasteiger partial charge in [0.25, 0.3) is 5.91 Å². The molecule has 2 aliphatic rings. The number of H-pyrrole nitrogens is 1. The van der Waals surface area contributed by atoms with E-state index < -0.39 is 12.0 Å². The van der Waals surface area contributed by atoms with Gasteiger partial charge in [-0.1, -0.05) is 12.5 Å². The predicted molar refractivity (Wildman–Crippen MR) is 91.1 cm³/mol. The van der Waals surface area contributed by atoms with Gasteiger partial charge in [0, 0.05) is 17.4 Å². The van der Waals surface area contributed by atoms with Crippen LogP contribution in [0, 0.1) is 25.7 Å². The molecule has 1 aromatic heterocycles. The zero-order valence-electron chi connectivity index (χ0n) is 14.0. The highest BCUT2D eigenvalue weighted by molar-refractivity contribution is 6.00. The van der Waals surface area contributed by atoms with Crippen LogP contribution in [0.1, 0.15) is 40.9 Å². The number of hydrogen-bond donors (Lipinski definition) is 2. The van der Waals surface area contributed by atoms with Crippen LogP contribution in [-0.4, -0.2) is 39.5 Å². The number of likely N-dealkylation sites (tertiary alicyclic amines) is 1. The van der Waals surface area contributed by atoms with Crippen LogP contribution in [0.2, 0.25) is 0 Å². The van der Waals surface area contributed by atoms with Gasteiger partial charge in [-0.25, -0.2) is 4.79 Å². The highest BCUT2D eigenvalue weighted by Crippen LogP contribution is 2.42. The first-order valence-corrected chi connectivity index (χ1v) is 8.60. The topological polar surface area (TPSA) is 73.4 Å². The Kier molecular flexibility index (Phi) is 3.41. The van der Waals surface area contributed by atoms with E-state index in [0.29, 0.717) is 18.2 Å². The van der Waals surface area contributed by atoms with Crippen molar-refractivity contribution >= 4 is 22.8 Å². The second-order valence-corrected chi connectivity index (χ2v) is 7.25. The SMILES string of the molecule is Cc1ccc2[nH]c(C(=O)N3CC4CCCC4C3C(=O)O)cc2c1C. The highest BCUT2D eigenvalue weighted by atomic mass is 16.4. The molecule has 2 heterocycles. The van der Waals surface area contributed by atoms with E-state index in [1.807, 2.05) is 32.0 Å². The molecule has 1 aliphatic carbocycles. The monoisotopic (exact) mass is 326 g/mol. The molecular formula is C19H22N2O3. The molecule has 2 fully saturated rings. The molecule has 1 saturated heterocycles. The van der Waals surface area contributed by atoms with Gasteiger partial charge in [-0.2, -0.15) is 0 Å². The Labute approximate surface area is 140 Å². The van der Waals surface area contributed by atoms with E-state index in [-0.39, 0.29) is 11.8 Å². The van der Waals surface area contributed by atoms with E-state index in [1.165, 1.54) is 5.56 Å². The lowest BCUT2D eigenvalue weighted by Crippen LogP contribution is -2.43. The summed E-state index contributed by atoms with van der Waals surface area (Å²) in [6, 6.07) is 5.19. The third kappa shape index (κ3) is 2.14. The van der Waals surface area contributed by atoms with Crippen LogP contribution in [0.15, 0.2) is 18.2 Å². The number of carboxylic acids is 1. The van der Waals surface area contributed by atoms with Crippen molar-refractivity contribution in [1.29, 1.82) is 0 Å². The van der Waals surface area contributed by atoms with Crippen LogP contribution in [0.5, 0.6) is 0 Å². The number of aromatic amines is 1. The average Bonchev–Trinajstić information content (AvgIpc) is 3.22. The fourth-order valence-corrected chi connectivity index (χ4v) is 4.56. The second kappa shape index (κ2) is 5.36. The van der Waals surface area contributed by atoms with Gasteiger partial charge in [0.2, 0.25) is 0 Å². The number of carboxylic acid groups (broad SMARTS) is 1. The van der Waals surface area contributed by atoms with Crippen molar-refractivity contribution in [3.63, 3.8) is 0 Å². The number of aromatic nitrogens is 1. The number of carbonyl (C=O) groups is 2. The molecule has 1 amide bonds. The number of rotatable bonds is 2. The fraction of sp³-hybridized carbons (Fsp3) is 0.474. The normalized spacial score (nSPS) is 26.1. The van der Waals surface area contributed by atoms with Crippen molar-refractivity contribution in [2.45, 2.75) is 39.2 Å². The van der Waals surface area contributed by atoms with Crippen LogP contribution >= 0.6 is 0 Å². The largest absolute Gasteiger partial charge is 0.480 e. The van der Waals surface area contributed by atoms with Crippen LogP contribution in [0.25, 0.3) is 10.9 Å². The molecule has 4 rings (SSSR count). The maximum absolute atomic E-state index is 13.0. The molecule has 2 aromatic rings. The number of fused-ring (bicyclic) bond motifs is 2. The van der Waals surface area contributed by atoms with Gasteiger partial charge in [-0.3, -0.25) is 4.79 Å². The first kappa shape index (κ1) is 15.2. The van der Waals surface area contributed by atoms with Crippen LogP contribution in [-0.2, 0) is 4.79 Å². The summed E-state index contributed by atoms with van der Waals surface area (Å²) < 4.78 is 0. The summed E-state index contributed by atoms with van der Waals surface area (Å²) in [7, 11) is 0. The molecule has 24 heavy (non-hydrogen) atoms. The lowest BCUT2D eigenvalue weighted by Gasteiger charge is -2.23. The summed E-state index contributed by atoms with van der Waals surface area (Å²) in [5.74, 6) is -0.617. The molecule has 0 spiro atoms. The first-order valence-electron chi connectivity index (χ1n) is 8.60. The summed E-state index contributed by atoms with van der Waals surface area (Å²) >= 11 is 0. The molecule has 1 aliphatic heterocycles. The number of aryl methyl sites for hydroxylation is 2. The van der Waals surface area contributed by atoms with Crippen molar-refractivity contribution in [3.05, 3.63) is 35.0 Å². The molecule has 3 atom stereocenters. The Morgan fingerprint density at radius 1 is 1.25 bits per heavy atom. The van der Waals surface area contributed by atoms with Gasteiger partial charge in [0.15, 0.2) is 0 Å². The molecule has 3 unspecified atom stereocenters. The van der Waals surface area contributed by atoms with Gasteiger partial charge in [0.05, 0.1) is 0 Å². The number of nitrogens with zero attached hydrogens (tertiary/aromatic N) is 1. The molecule has 5 heteroatoms. The number of carbonyl (C=O) groups excluding carboxylic acids is 1. The van der Waals surface area contributed by atoms with E-state index in [4.69, 9.17) is 0 Å². The molecule has 1 aromatic carbocycles. The first-order chi connectivity index (χ1) is 11.5. The van der Waals surface area contributed by atoms with Gasteiger partial charge in [0.1, 0.15) is 11.7 Å². The third-order valence-electron chi connectivity index (χ3n) is 5.98. The third-order valence-corrected chi connectivity index (χ3v) is 5.98. The number of hydrogen-bond acceptors (Lipinski definition) is 2. The van der Waals surface area contributed by atoms with Gasteiger partial charge >= 0.3 is 5.97 Å². The smallest absolute Gasteiger partial charge is 0.326 e. The minimum atomic E-state index is -0.874. The minimum Gasteiger partial charge on any atom is -0.480 e. The summed E-state index contributed by atoms with van der Waals surface area (Å²) in [5, 5.41) is 10.7. The maximum Gasteiger partial charge on any atom is 0.326 e. The van der Waals surface area contributed by atoms with E-state index in [9.17, 15) is 14.7 Å². The Bertz CT molecular complexity index is 838. The number of nitrogens with one attached hydrogen (secondary N) is 1. The van der Waals surface area contributed by atoms with E-state index in [0.717, 1.165) is 35.7 Å². The van der Waals surface area contributed by atoms with Crippen LogP contribution < -0.4 is 0 Å². The van der Waals surface area contributed by atoms with Crippen molar-refractivity contribution in [2.75, 3.05) is 6.54 Å². The lowest BCUT2D eigenvalue weighted by atomic mass is 9.94. The Balaban J connectivity index is 1.70. The summed E-state index contributed by atoms with van der Waals surface area (Å²) in [6.45, 7) is 4.65. The zero-order valence-corrected chi connectivity index (χ0v) is 14.0. The predicted octanol–water partition coefficient (Wildman–Crippen LogP) is 3.11. The lowest BCUT2D eigenvalue weighted by molar-refractivity contribution is -0.142. The molecule has 2 N–H and O–H groups in total. The van der Waals surface area contributed by atoms with Crippen molar-refractivity contribution < 1.29 is 14.7 Å². The molecule has 0 bridgehead atoms. The van der Waals surface area contributed by atoms with Crippen LogP contribution in [0.3, 0.4) is 0 Å². The van der Waals surface area contributed by atoms with Crippen molar-refractivity contribution in [2.24, 2.45) is 11.8 Å². The van der Waals surface area contributed by atoms with Crippen molar-refractivity contribution in [3.8, 4) is 0 Å². The summed E-state index contributed by atoms with van der Waals surface area (Å²) in [6.07, 6.45) is 3.02. The van der Waals surface area contributed by atoms with Gasteiger partial charge in [-0.15, -0.1) is 0 Å². The maximum atomic E-state index is 13.0.